The van der Waals surface area contributed by atoms with Gasteiger partial charge in [0.15, 0.2) is 0 Å². The van der Waals surface area contributed by atoms with E-state index in [1.165, 1.54) is 4.68 Å². The van der Waals surface area contributed by atoms with Crippen molar-refractivity contribution in [1.29, 1.82) is 5.26 Å². The first kappa shape index (κ1) is 35.0. The number of anilines is 1. The summed E-state index contributed by atoms with van der Waals surface area (Å²) in [4.78, 5) is 0.762. The summed E-state index contributed by atoms with van der Waals surface area (Å²) in [5.41, 5.74) is 4.33. The highest BCUT2D eigenvalue weighted by Crippen LogP contribution is 2.34. The smallest absolute Gasteiger partial charge is 0.381 e. The molecule has 2 heterocycles. The van der Waals surface area contributed by atoms with E-state index in [0.29, 0.717) is 62.9 Å². The fraction of sp³-hybridized carbons (Fsp3) is 0.242. The maximum absolute atomic E-state index is 13.2. The van der Waals surface area contributed by atoms with Crippen LogP contribution in [0, 0.1) is 18.3 Å². The molecule has 254 valence electrons. The summed E-state index contributed by atoms with van der Waals surface area (Å²) in [5, 5.41) is 30.9. The van der Waals surface area contributed by atoms with Crippen LogP contribution in [0.1, 0.15) is 53.2 Å². The zero-order valence-electron chi connectivity index (χ0n) is 25.9. The lowest BCUT2D eigenvalue weighted by atomic mass is 9.94. The number of alkyl halides is 6. The van der Waals surface area contributed by atoms with Gasteiger partial charge in [0, 0.05) is 17.8 Å². The summed E-state index contributed by atoms with van der Waals surface area (Å²) in [6.07, 6.45) is -5.68. The van der Waals surface area contributed by atoms with Gasteiger partial charge in [-0.15, -0.1) is 10.2 Å². The van der Waals surface area contributed by atoms with Crippen LogP contribution in [0.3, 0.4) is 0 Å². The van der Waals surface area contributed by atoms with Crippen molar-refractivity contribution in [1.82, 2.24) is 35.3 Å². The van der Waals surface area contributed by atoms with Crippen molar-refractivity contribution in [3.8, 4) is 11.8 Å². The minimum atomic E-state index is -4.77. The number of nitriles is 1. The predicted octanol–water partition coefficient (Wildman–Crippen LogP) is 8.00. The molecule has 0 aliphatic heterocycles. The molecule has 0 unspecified atom stereocenters. The molecule has 0 fully saturated rings. The average molecular weight is 700 g/mol. The van der Waals surface area contributed by atoms with Gasteiger partial charge in [0.2, 0.25) is 0 Å². The number of hydrogen-bond donors (Lipinski definition) is 2. The third kappa shape index (κ3) is 8.39. The van der Waals surface area contributed by atoms with E-state index in [-0.39, 0.29) is 30.1 Å². The van der Waals surface area contributed by atoms with E-state index in [1.54, 1.807) is 61.5 Å². The predicted molar refractivity (Wildman–Crippen MR) is 172 cm³/mol. The lowest BCUT2D eigenvalue weighted by Crippen LogP contribution is -2.20. The Kier molecular flexibility index (Phi) is 10.00. The van der Waals surface area contributed by atoms with Gasteiger partial charge in [-0.1, -0.05) is 49.0 Å². The van der Waals surface area contributed by atoms with Crippen LogP contribution in [0.25, 0.3) is 17.1 Å². The number of nitrogens with zero attached hydrogens (tertiary/aromatic N) is 7. The van der Waals surface area contributed by atoms with Gasteiger partial charge in [-0.3, -0.25) is 0 Å². The first-order chi connectivity index (χ1) is 23.1. The molecule has 0 bridgehead atoms. The molecule has 2 N–H and O–H groups in total. The van der Waals surface area contributed by atoms with E-state index >= 15 is 0 Å². The van der Waals surface area contributed by atoms with Gasteiger partial charge in [-0.05, 0) is 72.0 Å². The Hall–Kier alpha value is -5.36. The van der Waals surface area contributed by atoms with E-state index in [2.05, 4.69) is 50.4 Å². The molecule has 0 atom stereocenters. The Morgan fingerprint density at radius 2 is 1.71 bits per heavy atom. The van der Waals surface area contributed by atoms with Crippen molar-refractivity contribution in [3.05, 3.63) is 118 Å². The molecule has 5 rings (SSSR count). The topological polar surface area (TPSA) is 109 Å². The molecule has 0 saturated carbocycles. The number of halogens is 7. The summed E-state index contributed by atoms with van der Waals surface area (Å²) in [7, 11) is 0. The maximum Gasteiger partial charge on any atom is 0.455 e. The van der Waals surface area contributed by atoms with Crippen molar-refractivity contribution in [2.24, 2.45) is 0 Å². The summed E-state index contributed by atoms with van der Waals surface area (Å²) in [5.74, 6) is -1.39. The normalized spacial score (nSPS) is 13.4. The lowest BCUT2D eigenvalue weighted by molar-refractivity contribution is -0.145. The highest BCUT2D eigenvalue weighted by Gasteiger charge is 2.37. The van der Waals surface area contributed by atoms with Gasteiger partial charge >= 0.3 is 12.4 Å². The first-order valence-corrected chi connectivity index (χ1v) is 15.1. The Labute approximate surface area is 281 Å². The van der Waals surface area contributed by atoms with Crippen LogP contribution in [0.5, 0.6) is 0 Å². The van der Waals surface area contributed by atoms with Gasteiger partial charge in [-0.25, -0.2) is 4.68 Å². The quantitative estimate of drug-likeness (QED) is 0.153. The van der Waals surface area contributed by atoms with Crippen LogP contribution in [-0.2, 0) is 12.7 Å². The molecule has 1 aliphatic rings. The Morgan fingerprint density at radius 1 is 1.00 bits per heavy atom. The molecule has 0 spiro atoms. The summed E-state index contributed by atoms with van der Waals surface area (Å²) in [6, 6.07) is 13.7. The Bertz CT molecular complexity index is 2010. The number of rotatable bonds is 11. The fourth-order valence-corrected chi connectivity index (χ4v) is 5.45. The summed E-state index contributed by atoms with van der Waals surface area (Å²) >= 11 is 6.49. The van der Waals surface area contributed by atoms with Gasteiger partial charge in [0.25, 0.3) is 5.82 Å². The number of aryl methyl sites for hydroxylation is 1. The number of hydrogen-bond acceptors (Lipinski definition) is 7. The van der Waals surface area contributed by atoms with Crippen molar-refractivity contribution in [3.63, 3.8) is 0 Å². The highest BCUT2D eigenvalue weighted by molar-refractivity contribution is 6.32. The first-order valence-electron chi connectivity index (χ1n) is 14.7. The number of benzene rings is 2. The highest BCUT2D eigenvalue weighted by atomic mass is 35.5. The zero-order chi connectivity index (χ0) is 35.5. The van der Waals surface area contributed by atoms with E-state index in [9.17, 15) is 31.6 Å². The Balaban J connectivity index is 1.45. The van der Waals surface area contributed by atoms with E-state index in [0.717, 1.165) is 4.80 Å². The van der Waals surface area contributed by atoms with Crippen molar-refractivity contribution < 1.29 is 26.3 Å². The number of para-hydroxylation sites is 1. The number of aromatic nitrogens is 6. The zero-order valence-corrected chi connectivity index (χ0v) is 26.7. The monoisotopic (exact) mass is 699 g/mol. The molecule has 1 aliphatic carbocycles. The molecule has 2 aromatic carbocycles. The second-order valence-corrected chi connectivity index (χ2v) is 11.5. The molecular formula is C33H28ClF6N9. The van der Waals surface area contributed by atoms with E-state index < -0.39 is 24.6 Å². The van der Waals surface area contributed by atoms with Crippen molar-refractivity contribution in [2.75, 3.05) is 11.9 Å². The number of nitrogens with one attached hydrogen (secondary N) is 2. The van der Waals surface area contributed by atoms with E-state index in [4.69, 9.17) is 11.6 Å². The molecule has 4 aromatic rings. The molecule has 2 aromatic heterocycles. The standard InChI is InChI=1S/C33H28ClF6N9/c1-19-12-22(16-41)13-26(20(2)42-17-24-9-5-4-8-23(24)15-32(35,36)37)30(19)43-21(3)29-14-25(18-48-46-31(44-47-48)33(38,39)40)45-49(29)28-11-7-6-10-27(28)34/h6-14,42-43H,2-5,15,17-18H2,1H3. The minimum absolute atomic E-state index is 0.0754. The van der Waals surface area contributed by atoms with Crippen LogP contribution in [0.15, 0.2) is 78.9 Å². The second-order valence-electron chi connectivity index (χ2n) is 11.1. The molecule has 16 heteroatoms. The SMILES string of the molecule is C=C(NCC1=CCCC=C1CC(F)(F)F)c1cc(C#N)cc(C)c1NC(=C)c1cc(Cn2nnc(C(F)(F)F)n2)nn1-c1ccccc1Cl. The van der Waals surface area contributed by atoms with Crippen LogP contribution in [0.2, 0.25) is 5.02 Å². The van der Waals surface area contributed by atoms with Crippen LogP contribution >= 0.6 is 11.6 Å². The van der Waals surface area contributed by atoms with Crippen LogP contribution < -0.4 is 10.6 Å². The largest absolute Gasteiger partial charge is 0.455 e. The average Bonchev–Trinajstić information content (AvgIpc) is 3.68. The fourth-order valence-electron chi connectivity index (χ4n) is 5.23. The minimum Gasteiger partial charge on any atom is -0.381 e. The van der Waals surface area contributed by atoms with Crippen molar-refractivity contribution in [2.45, 2.75) is 45.1 Å². The second kappa shape index (κ2) is 14.0. The third-order valence-electron chi connectivity index (χ3n) is 7.47. The number of tetrazole rings is 1. The van der Waals surface area contributed by atoms with Gasteiger partial charge in [0.05, 0.1) is 51.5 Å². The molecular weight excluding hydrogens is 672 g/mol. The Morgan fingerprint density at radius 3 is 2.37 bits per heavy atom. The van der Waals surface area contributed by atoms with Crippen LogP contribution in [0.4, 0.5) is 32.0 Å². The van der Waals surface area contributed by atoms with Gasteiger partial charge < -0.3 is 10.6 Å². The number of allylic oxidation sites excluding steroid dienone is 2. The summed E-state index contributed by atoms with van der Waals surface area (Å²) in [6.45, 7) is 9.88. The molecule has 0 saturated heterocycles. The summed E-state index contributed by atoms with van der Waals surface area (Å²) < 4.78 is 80.3. The molecule has 0 amide bonds. The van der Waals surface area contributed by atoms with Crippen molar-refractivity contribution >= 4 is 28.7 Å². The molecule has 9 nitrogen and oxygen atoms in total. The lowest BCUT2D eigenvalue weighted by Gasteiger charge is -2.22. The molecule has 0 radical (unpaired) electrons. The van der Waals surface area contributed by atoms with Crippen LogP contribution in [-0.4, -0.2) is 42.7 Å². The molecule has 49 heavy (non-hydrogen) atoms. The third-order valence-corrected chi connectivity index (χ3v) is 7.79. The van der Waals surface area contributed by atoms with Gasteiger partial charge in [-0.2, -0.15) is 41.5 Å². The van der Waals surface area contributed by atoms with Gasteiger partial charge in [0.1, 0.15) is 6.54 Å². The maximum atomic E-state index is 13.2. The van der Waals surface area contributed by atoms with E-state index in [1.807, 2.05) is 0 Å².